The van der Waals surface area contributed by atoms with E-state index in [0.29, 0.717) is 19.4 Å². The van der Waals surface area contributed by atoms with Crippen LogP contribution in [-0.4, -0.2) is 45.3 Å². The molecule has 25 heavy (non-hydrogen) atoms. The molecular weight excluding hydrogens is 352 g/mol. The van der Waals surface area contributed by atoms with Crippen LogP contribution in [0.5, 0.6) is 0 Å². The fourth-order valence-electron chi connectivity index (χ4n) is 1.75. The van der Waals surface area contributed by atoms with Gasteiger partial charge in [0.1, 0.15) is 0 Å². The second kappa shape index (κ2) is 15.6. The molecule has 0 rings (SSSR count). The number of ether oxygens (including phenoxy) is 1. The number of carbonyl (C=O) groups excluding carboxylic acids is 1. The van der Waals surface area contributed by atoms with Crippen LogP contribution in [0.1, 0.15) is 45.4 Å². The number of hydrogen-bond donors (Lipinski definition) is 1. The van der Waals surface area contributed by atoms with Crippen molar-refractivity contribution in [2.75, 3.05) is 6.61 Å². The van der Waals surface area contributed by atoms with Crippen molar-refractivity contribution in [3.05, 3.63) is 0 Å². The van der Waals surface area contributed by atoms with Crippen LogP contribution in [0.15, 0.2) is 0 Å². The Morgan fingerprint density at radius 3 is 1.68 bits per heavy atom. The van der Waals surface area contributed by atoms with Gasteiger partial charge in [0, 0.05) is 29.0 Å². The molecule has 0 amide bonds. The first kappa shape index (κ1) is 29.1. The molecule has 7 heteroatoms. The number of carboxylic acid groups (broad SMARTS) is 1. The number of hydrogen-bond acceptors (Lipinski definition) is 3. The summed E-state index contributed by atoms with van der Waals surface area (Å²) in [6.07, 6.45) is 5.62. The second-order valence-corrected chi connectivity index (χ2v) is 20.0. The smallest absolute Gasteiger partial charge is 0.305 e. The summed E-state index contributed by atoms with van der Waals surface area (Å²) in [6, 6.07) is 1.93. The van der Waals surface area contributed by atoms with Gasteiger partial charge in [0.05, 0.1) is 6.61 Å². The fourth-order valence-corrected chi connectivity index (χ4v) is 3.66. The van der Waals surface area contributed by atoms with Crippen LogP contribution in [0, 0.1) is 0 Å². The predicted molar refractivity (Wildman–Crippen MR) is 112 cm³/mol. The Kier molecular flexibility index (Phi) is 18.1. The maximum absolute atomic E-state index is 11.3. The summed E-state index contributed by atoms with van der Waals surface area (Å²) >= 11 is 0. The minimum absolute atomic E-state index is 0. The first-order valence-corrected chi connectivity index (χ1v) is 16.7. The van der Waals surface area contributed by atoms with Gasteiger partial charge in [-0.05, 0) is 18.5 Å². The minimum atomic E-state index is -1.10. The molecule has 0 atom stereocenters. The Labute approximate surface area is 156 Å². The lowest BCUT2D eigenvalue weighted by atomic mass is 10.2. The highest BCUT2D eigenvalue weighted by molar-refractivity contribution is 6.76. The van der Waals surface area contributed by atoms with Crippen molar-refractivity contribution in [3.8, 4) is 0 Å². The van der Waals surface area contributed by atoms with E-state index in [-0.39, 0.29) is 11.4 Å². The summed E-state index contributed by atoms with van der Waals surface area (Å²) in [4.78, 5) is 21.4. The number of esters is 1. The van der Waals surface area contributed by atoms with Crippen molar-refractivity contribution in [1.82, 2.24) is 0 Å². The van der Waals surface area contributed by atoms with E-state index in [2.05, 4.69) is 46.2 Å². The van der Waals surface area contributed by atoms with E-state index in [1.54, 1.807) is 0 Å². The van der Waals surface area contributed by atoms with Crippen LogP contribution >= 0.6 is 0 Å². The minimum Gasteiger partial charge on any atom is -0.481 e. The van der Waals surface area contributed by atoms with Gasteiger partial charge in [-0.1, -0.05) is 65.5 Å². The topological polar surface area (TPSA) is 95.1 Å². The molecule has 0 unspecified atom stereocenters. The van der Waals surface area contributed by atoms with Crippen LogP contribution in [0.3, 0.4) is 0 Å². The molecule has 0 bridgehead atoms. The van der Waals surface area contributed by atoms with Gasteiger partial charge in [0.15, 0.2) is 0 Å². The maximum Gasteiger partial charge on any atom is 0.305 e. The molecule has 0 aliphatic heterocycles. The van der Waals surface area contributed by atoms with Gasteiger partial charge >= 0.3 is 11.9 Å². The standard InChI is InChI=1S/C12H26O2Si.C6H14O2Si.H2O/c1-5-6-7-8-10-14-12(13)9-11-15(2,3)4;1-9(2,3)5-4-6(7)8;/h5-11H2,1-4H3;4-5H2,1-3H3,(H,7,8);1H2. The molecule has 0 fully saturated rings. The summed E-state index contributed by atoms with van der Waals surface area (Å²) in [5.74, 6) is -0.675. The number of rotatable bonds is 11. The highest BCUT2D eigenvalue weighted by atomic mass is 28.3. The molecule has 152 valence electrons. The molecule has 0 aliphatic rings. The van der Waals surface area contributed by atoms with Gasteiger partial charge in [0.2, 0.25) is 0 Å². The zero-order valence-corrected chi connectivity index (χ0v) is 19.5. The highest BCUT2D eigenvalue weighted by Crippen LogP contribution is 2.12. The lowest BCUT2D eigenvalue weighted by Crippen LogP contribution is -2.21. The monoisotopic (exact) mass is 394 g/mol. The van der Waals surface area contributed by atoms with E-state index in [4.69, 9.17) is 9.84 Å². The molecule has 0 heterocycles. The van der Waals surface area contributed by atoms with Crippen molar-refractivity contribution in [3.63, 3.8) is 0 Å². The number of aliphatic carboxylic acids is 1. The lowest BCUT2D eigenvalue weighted by Gasteiger charge is -2.14. The van der Waals surface area contributed by atoms with Crippen LogP contribution < -0.4 is 0 Å². The van der Waals surface area contributed by atoms with Gasteiger partial charge < -0.3 is 15.3 Å². The Morgan fingerprint density at radius 1 is 0.840 bits per heavy atom. The lowest BCUT2D eigenvalue weighted by molar-refractivity contribution is -0.143. The van der Waals surface area contributed by atoms with Crippen LogP contribution in [-0.2, 0) is 14.3 Å². The summed E-state index contributed by atoms with van der Waals surface area (Å²) in [7, 11) is -2.18. The average molecular weight is 395 g/mol. The van der Waals surface area contributed by atoms with Gasteiger partial charge in [-0.3, -0.25) is 9.59 Å². The number of unbranched alkanes of at least 4 members (excludes halogenated alkanes) is 3. The van der Waals surface area contributed by atoms with E-state index < -0.39 is 22.1 Å². The maximum atomic E-state index is 11.3. The summed E-state index contributed by atoms with van der Waals surface area (Å²) in [6.45, 7) is 16.2. The molecule has 0 aromatic heterocycles. The fraction of sp³-hybridized carbons (Fsp3) is 0.889. The van der Waals surface area contributed by atoms with Gasteiger partial charge in [-0.2, -0.15) is 0 Å². The molecule has 3 N–H and O–H groups in total. The molecule has 5 nitrogen and oxygen atoms in total. The van der Waals surface area contributed by atoms with Gasteiger partial charge in [0.25, 0.3) is 0 Å². The van der Waals surface area contributed by atoms with E-state index in [1.165, 1.54) is 19.3 Å². The summed E-state index contributed by atoms with van der Waals surface area (Å²) in [5.41, 5.74) is 0. The number of carbonyl (C=O) groups is 2. The van der Waals surface area contributed by atoms with E-state index in [0.717, 1.165) is 18.5 Å². The van der Waals surface area contributed by atoms with Crippen molar-refractivity contribution < 1.29 is 24.9 Å². The van der Waals surface area contributed by atoms with Crippen LogP contribution in [0.25, 0.3) is 0 Å². The molecule has 0 saturated carbocycles. The average Bonchev–Trinajstić information content (AvgIpc) is 2.42. The molecule has 0 radical (unpaired) electrons. The molecule has 0 aliphatic carbocycles. The first-order valence-electron chi connectivity index (χ1n) is 9.25. The zero-order valence-electron chi connectivity index (χ0n) is 17.5. The van der Waals surface area contributed by atoms with E-state index in [1.807, 2.05) is 0 Å². The summed E-state index contributed by atoms with van der Waals surface area (Å²) < 4.78 is 5.17. The van der Waals surface area contributed by atoms with Crippen LogP contribution in [0.2, 0.25) is 51.4 Å². The van der Waals surface area contributed by atoms with Gasteiger partial charge in [-0.15, -0.1) is 0 Å². The second-order valence-electron chi connectivity index (χ2n) is 8.80. The Balaban J connectivity index is -0.000000418. The Bertz CT molecular complexity index is 346. The Hall–Kier alpha value is -0.666. The van der Waals surface area contributed by atoms with E-state index in [9.17, 15) is 9.59 Å². The SMILES string of the molecule is CCCCCCOC(=O)CC[Si](C)(C)C.C[Si](C)(C)CCC(=O)O.O. The molecular formula is C18H42O5Si2. The molecule has 0 spiro atoms. The normalized spacial score (nSPS) is 11.0. The third-order valence-corrected chi connectivity index (χ3v) is 6.93. The zero-order chi connectivity index (χ0) is 19.2. The van der Waals surface area contributed by atoms with Crippen LogP contribution in [0.4, 0.5) is 0 Å². The summed E-state index contributed by atoms with van der Waals surface area (Å²) in [5, 5.41) is 8.30. The largest absolute Gasteiger partial charge is 0.481 e. The predicted octanol–water partition coefficient (Wildman–Crippen LogP) is 4.81. The van der Waals surface area contributed by atoms with Gasteiger partial charge in [-0.25, -0.2) is 0 Å². The molecule has 0 aromatic carbocycles. The quantitative estimate of drug-likeness (QED) is 0.309. The third-order valence-electron chi connectivity index (χ3n) is 3.43. The Morgan fingerprint density at radius 2 is 1.32 bits per heavy atom. The van der Waals surface area contributed by atoms with Crippen molar-refractivity contribution in [2.45, 2.75) is 96.8 Å². The first-order chi connectivity index (χ1) is 10.9. The highest BCUT2D eigenvalue weighted by Gasteiger charge is 2.15. The van der Waals surface area contributed by atoms with E-state index >= 15 is 0 Å². The van der Waals surface area contributed by atoms with Crippen molar-refractivity contribution >= 4 is 28.1 Å². The van der Waals surface area contributed by atoms with Crippen molar-refractivity contribution in [2.24, 2.45) is 0 Å². The van der Waals surface area contributed by atoms with Crippen molar-refractivity contribution in [1.29, 1.82) is 0 Å². The molecule has 0 saturated heterocycles. The molecule has 0 aromatic rings. The third kappa shape index (κ3) is 31.6. The number of carboxylic acids is 1.